The van der Waals surface area contributed by atoms with Crippen LogP contribution in [0.2, 0.25) is 0 Å². The molecular weight excluding hydrogens is 334 g/mol. The van der Waals surface area contributed by atoms with Crippen LogP contribution in [0.3, 0.4) is 0 Å². The van der Waals surface area contributed by atoms with Gasteiger partial charge in [-0.3, -0.25) is 19.2 Å². The van der Waals surface area contributed by atoms with Gasteiger partial charge in [0, 0.05) is 24.4 Å². The van der Waals surface area contributed by atoms with E-state index in [0.717, 1.165) is 0 Å². The Morgan fingerprint density at radius 3 is 2.62 bits per heavy atom. The van der Waals surface area contributed by atoms with Gasteiger partial charge >= 0.3 is 0 Å². The number of carbonyl (C=O) groups excluding carboxylic acids is 4. The lowest BCUT2D eigenvalue weighted by Gasteiger charge is -2.20. The van der Waals surface area contributed by atoms with E-state index in [1.165, 1.54) is 4.90 Å². The molecule has 1 fully saturated rings. The Bertz CT molecular complexity index is 675. The Hall–Kier alpha value is -2.70. The molecule has 0 spiro atoms. The topological polar surface area (TPSA) is 110 Å². The second kappa shape index (κ2) is 9.12. The van der Waals surface area contributed by atoms with Gasteiger partial charge in [-0.1, -0.05) is 25.1 Å². The van der Waals surface area contributed by atoms with Gasteiger partial charge < -0.3 is 16.0 Å². The Balaban J connectivity index is 1.90. The zero-order valence-electron chi connectivity index (χ0n) is 14.9. The number of carbonyl (C=O) groups is 4. The molecule has 1 aromatic rings. The van der Waals surface area contributed by atoms with Gasteiger partial charge in [0.15, 0.2) is 5.78 Å². The number of likely N-dealkylation sites (tertiary alicyclic amines) is 1. The van der Waals surface area contributed by atoms with Crippen LogP contribution in [0.4, 0.5) is 0 Å². The van der Waals surface area contributed by atoms with E-state index >= 15 is 0 Å². The summed E-state index contributed by atoms with van der Waals surface area (Å²) in [5.41, 5.74) is 5.72. The van der Waals surface area contributed by atoms with E-state index in [1.807, 2.05) is 6.07 Å². The van der Waals surface area contributed by atoms with E-state index in [0.29, 0.717) is 31.4 Å². The van der Waals surface area contributed by atoms with E-state index in [4.69, 9.17) is 5.73 Å². The number of nitrogens with two attached hydrogens (primary N) is 1. The van der Waals surface area contributed by atoms with Gasteiger partial charge in [0.25, 0.3) is 5.91 Å². The van der Waals surface area contributed by atoms with Crippen molar-refractivity contribution in [1.29, 1.82) is 0 Å². The highest BCUT2D eigenvalue weighted by molar-refractivity contribution is 5.98. The van der Waals surface area contributed by atoms with E-state index < -0.39 is 11.9 Å². The summed E-state index contributed by atoms with van der Waals surface area (Å²) < 4.78 is 0. The van der Waals surface area contributed by atoms with Crippen molar-refractivity contribution in [2.24, 2.45) is 11.7 Å². The van der Waals surface area contributed by atoms with Crippen LogP contribution in [-0.4, -0.2) is 47.5 Å². The molecule has 1 saturated heterocycles. The van der Waals surface area contributed by atoms with Crippen molar-refractivity contribution >= 4 is 23.5 Å². The molecule has 0 aromatic heterocycles. The maximum atomic E-state index is 12.5. The molecule has 26 heavy (non-hydrogen) atoms. The largest absolute Gasteiger partial charge is 0.369 e. The Labute approximate surface area is 152 Å². The average molecular weight is 359 g/mol. The third-order valence-corrected chi connectivity index (χ3v) is 4.59. The van der Waals surface area contributed by atoms with Crippen LogP contribution in [0.25, 0.3) is 0 Å². The van der Waals surface area contributed by atoms with Gasteiger partial charge in [0.2, 0.25) is 11.8 Å². The summed E-state index contributed by atoms with van der Waals surface area (Å²) >= 11 is 0. The predicted octanol–water partition coefficient (Wildman–Crippen LogP) is 0.878. The zero-order valence-corrected chi connectivity index (χ0v) is 14.9. The first-order chi connectivity index (χ1) is 12.4. The second-order valence-electron chi connectivity index (χ2n) is 6.66. The number of amides is 3. The molecule has 7 nitrogen and oxygen atoms in total. The number of nitrogens with one attached hydrogen (secondary N) is 1. The van der Waals surface area contributed by atoms with Gasteiger partial charge in [-0.2, -0.15) is 0 Å². The van der Waals surface area contributed by atoms with E-state index in [2.05, 4.69) is 5.32 Å². The highest BCUT2D eigenvalue weighted by Crippen LogP contribution is 2.13. The summed E-state index contributed by atoms with van der Waals surface area (Å²) in [6.07, 6.45) is 1.61. The molecule has 2 rings (SSSR count). The number of benzene rings is 1. The normalized spacial score (nSPS) is 18.7. The lowest BCUT2D eigenvalue weighted by atomic mass is 10.0. The van der Waals surface area contributed by atoms with E-state index in [9.17, 15) is 19.2 Å². The van der Waals surface area contributed by atoms with Crippen LogP contribution in [0.15, 0.2) is 30.3 Å². The highest BCUT2D eigenvalue weighted by Gasteiger charge is 2.28. The third-order valence-electron chi connectivity index (χ3n) is 4.59. The molecule has 2 atom stereocenters. The Morgan fingerprint density at radius 2 is 1.96 bits per heavy atom. The maximum Gasteiger partial charge on any atom is 0.254 e. The van der Waals surface area contributed by atoms with Gasteiger partial charge in [0.1, 0.15) is 0 Å². The number of nitrogens with zero attached hydrogens (tertiary/aromatic N) is 1. The van der Waals surface area contributed by atoms with Crippen molar-refractivity contribution in [3.63, 3.8) is 0 Å². The second-order valence-corrected chi connectivity index (χ2v) is 6.66. The molecule has 0 saturated carbocycles. The summed E-state index contributed by atoms with van der Waals surface area (Å²) in [5, 5.41) is 2.72. The molecule has 1 aromatic carbocycles. The first-order valence-corrected chi connectivity index (χ1v) is 8.84. The quantitative estimate of drug-likeness (QED) is 0.785. The van der Waals surface area contributed by atoms with Crippen LogP contribution in [-0.2, 0) is 14.4 Å². The molecule has 0 radical (unpaired) electrons. The fourth-order valence-electron chi connectivity index (χ4n) is 2.87. The van der Waals surface area contributed by atoms with Crippen molar-refractivity contribution in [2.45, 2.75) is 38.6 Å². The first-order valence-electron chi connectivity index (χ1n) is 8.84. The number of Topliss-reactive ketones (excluding diaryl/α,β-unsaturated/α-hetero) is 1. The minimum Gasteiger partial charge on any atom is -0.369 e. The molecule has 0 bridgehead atoms. The molecule has 3 amide bonds. The predicted molar refractivity (Wildman–Crippen MR) is 96.1 cm³/mol. The SMILES string of the molecule is CC(CCC(=O)N[C@H]1CCCN(C(=O)c2ccccc2)CC1=O)C(N)=O. The van der Waals surface area contributed by atoms with Gasteiger partial charge in [-0.15, -0.1) is 0 Å². The average Bonchev–Trinajstić information content (AvgIpc) is 2.81. The third kappa shape index (κ3) is 5.40. The number of rotatable bonds is 6. The van der Waals surface area contributed by atoms with Crippen molar-refractivity contribution in [3.05, 3.63) is 35.9 Å². The summed E-state index contributed by atoms with van der Waals surface area (Å²) in [6.45, 7) is 2.13. The summed E-state index contributed by atoms with van der Waals surface area (Å²) in [6, 6.07) is 8.23. The summed E-state index contributed by atoms with van der Waals surface area (Å²) in [4.78, 5) is 49.5. The summed E-state index contributed by atoms with van der Waals surface area (Å²) in [5.74, 6) is -1.47. The zero-order chi connectivity index (χ0) is 19.1. The Morgan fingerprint density at radius 1 is 1.27 bits per heavy atom. The van der Waals surface area contributed by atoms with Crippen LogP contribution in [0, 0.1) is 5.92 Å². The molecule has 7 heteroatoms. The van der Waals surface area contributed by atoms with Crippen LogP contribution in [0.1, 0.15) is 43.0 Å². The van der Waals surface area contributed by atoms with Gasteiger partial charge in [-0.25, -0.2) is 0 Å². The number of ketones is 1. The number of hydrogen-bond acceptors (Lipinski definition) is 4. The lowest BCUT2D eigenvalue weighted by molar-refractivity contribution is -0.128. The smallest absolute Gasteiger partial charge is 0.254 e. The fraction of sp³-hybridized carbons (Fsp3) is 0.474. The molecular formula is C19H25N3O4. The van der Waals surface area contributed by atoms with Gasteiger partial charge in [0.05, 0.1) is 12.6 Å². The highest BCUT2D eigenvalue weighted by atomic mass is 16.2. The van der Waals surface area contributed by atoms with Crippen molar-refractivity contribution < 1.29 is 19.2 Å². The first kappa shape index (κ1) is 19.6. The Kier molecular flexibility index (Phi) is 6.89. The molecule has 0 aliphatic carbocycles. The van der Waals surface area contributed by atoms with Crippen LogP contribution >= 0.6 is 0 Å². The van der Waals surface area contributed by atoms with Gasteiger partial charge in [-0.05, 0) is 31.4 Å². The van der Waals surface area contributed by atoms with Crippen molar-refractivity contribution in [2.75, 3.05) is 13.1 Å². The maximum absolute atomic E-state index is 12.5. The van der Waals surface area contributed by atoms with Crippen molar-refractivity contribution in [1.82, 2.24) is 10.2 Å². The van der Waals surface area contributed by atoms with Crippen LogP contribution < -0.4 is 11.1 Å². The van der Waals surface area contributed by atoms with E-state index in [1.54, 1.807) is 31.2 Å². The van der Waals surface area contributed by atoms with Crippen molar-refractivity contribution in [3.8, 4) is 0 Å². The molecule has 1 heterocycles. The monoisotopic (exact) mass is 359 g/mol. The summed E-state index contributed by atoms with van der Waals surface area (Å²) in [7, 11) is 0. The standard InChI is InChI=1S/C19H25N3O4/c1-13(18(20)25)9-10-17(24)21-15-8-5-11-22(12-16(15)23)19(26)14-6-3-2-4-7-14/h2-4,6-7,13,15H,5,8-12H2,1H3,(H2,20,25)(H,21,24)/t13?,15-/m0/s1. The molecule has 1 unspecified atom stereocenters. The minimum atomic E-state index is -0.597. The van der Waals surface area contributed by atoms with Crippen LogP contribution in [0.5, 0.6) is 0 Å². The number of hydrogen-bond donors (Lipinski definition) is 2. The molecule has 3 N–H and O–H groups in total. The molecule has 1 aliphatic rings. The fourth-order valence-corrected chi connectivity index (χ4v) is 2.87. The lowest BCUT2D eigenvalue weighted by Crippen LogP contribution is -2.44. The molecule has 140 valence electrons. The molecule has 1 aliphatic heterocycles. The minimum absolute atomic E-state index is 0.0175. The number of primary amides is 1. The van der Waals surface area contributed by atoms with E-state index in [-0.39, 0.29) is 36.5 Å².